The zero-order valence-electron chi connectivity index (χ0n) is 16.1. The van der Waals surface area contributed by atoms with E-state index in [1.807, 2.05) is 0 Å². The van der Waals surface area contributed by atoms with Crippen molar-refractivity contribution in [2.45, 2.75) is 104 Å². The van der Waals surface area contributed by atoms with E-state index in [4.69, 9.17) is 14.2 Å². The Kier molecular flexibility index (Phi) is 12.2. The van der Waals surface area contributed by atoms with Gasteiger partial charge in [-0.25, -0.2) is 0 Å². The van der Waals surface area contributed by atoms with Crippen molar-refractivity contribution in [2.75, 3.05) is 13.2 Å². The first-order chi connectivity index (χ1) is 11.6. The average Bonchev–Trinajstić information content (AvgIpc) is 2.55. The van der Waals surface area contributed by atoms with Gasteiger partial charge in [0.1, 0.15) is 6.10 Å². The second-order valence-corrected chi connectivity index (χ2v) is 7.42. The minimum atomic E-state index is -0.237. The van der Waals surface area contributed by atoms with Crippen LogP contribution in [-0.2, 0) is 19.0 Å². The van der Waals surface area contributed by atoms with E-state index in [0.29, 0.717) is 25.6 Å². The molecule has 0 unspecified atom stereocenters. The molecular weight excluding hydrogens is 304 g/mol. The van der Waals surface area contributed by atoms with Crippen molar-refractivity contribution in [3.05, 3.63) is 0 Å². The van der Waals surface area contributed by atoms with Crippen LogP contribution in [0.5, 0.6) is 0 Å². The van der Waals surface area contributed by atoms with Gasteiger partial charge in [-0.1, -0.05) is 72.1 Å². The summed E-state index contributed by atoms with van der Waals surface area (Å²) in [5, 5.41) is 0. The predicted molar refractivity (Wildman–Crippen MR) is 96.9 cm³/mol. The molecule has 0 aromatic rings. The Bertz CT molecular complexity index is 309. The van der Waals surface area contributed by atoms with E-state index in [-0.39, 0.29) is 18.4 Å². The summed E-state index contributed by atoms with van der Waals surface area (Å²) in [7, 11) is 0. The van der Waals surface area contributed by atoms with Gasteiger partial charge in [-0.05, 0) is 12.3 Å². The lowest BCUT2D eigenvalue weighted by Gasteiger charge is -2.30. The quantitative estimate of drug-likeness (QED) is 0.339. The number of ether oxygens (including phenoxy) is 3. The first-order valence-corrected chi connectivity index (χ1v) is 10.0. The standard InChI is InChI=1S/C20H38O4/c1-4-5-6-7-8-9-10-11-12-13-19(21)24-18-15-22-20(23-16-18)14-17(2)3/h17-18,20H,4-16H2,1-3H3. The summed E-state index contributed by atoms with van der Waals surface area (Å²) >= 11 is 0. The molecule has 4 nitrogen and oxygen atoms in total. The maximum Gasteiger partial charge on any atom is 0.306 e. The van der Waals surface area contributed by atoms with E-state index in [1.165, 1.54) is 44.9 Å². The van der Waals surface area contributed by atoms with Gasteiger partial charge in [0.2, 0.25) is 0 Å². The molecule has 142 valence electrons. The third-order valence-electron chi connectivity index (χ3n) is 4.38. The average molecular weight is 343 g/mol. The molecule has 1 saturated heterocycles. The summed E-state index contributed by atoms with van der Waals surface area (Å²) < 4.78 is 16.6. The Morgan fingerprint density at radius 1 is 0.958 bits per heavy atom. The molecular formula is C20H38O4. The predicted octanol–water partition coefficient (Wildman–Crippen LogP) is 5.24. The number of carbonyl (C=O) groups is 1. The first-order valence-electron chi connectivity index (χ1n) is 10.0. The van der Waals surface area contributed by atoms with Gasteiger partial charge in [-0.3, -0.25) is 4.79 Å². The fourth-order valence-electron chi connectivity index (χ4n) is 2.94. The summed E-state index contributed by atoms with van der Waals surface area (Å²) in [6.45, 7) is 7.45. The smallest absolute Gasteiger partial charge is 0.306 e. The molecule has 1 aliphatic heterocycles. The van der Waals surface area contributed by atoms with E-state index >= 15 is 0 Å². The molecule has 0 radical (unpaired) electrons. The molecule has 1 aliphatic rings. The Labute approximate surface area is 148 Å². The van der Waals surface area contributed by atoms with Crippen LogP contribution in [0.4, 0.5) is 0 Å². The number of carbonyl (C=O) groups excluding carboxylic acids is 1. The highest BCUT2D eigenvalue weighted by Crippen LogP contribution is 2.16. The lowest BCUT2D eigenvalue weighted by atomic mass is 10.1. The molecule has 0 atom stereocenters. The highest BCUT2D eigenvalue weighted by atomic mass is 16.7. The van der Waals surface area contributed by atoms with Gasteiger partial charge < -0.3 is 14.2 Å². The van der Waals surface area contributed by atoms with Gasteiger partial charge in [0.05, 0.1) is 13.2 Å². The summed E-state index contributed by atoms with van der Waals surface area (Å²) in [5.74, 6) is 0.429. The summed E-state index contributed by atoms with van der Waals surface area (Å²) in [4.78, 5) is 11.8. The zero-order valence-corrected chi connectivity index (χ0v) is 16.1. The molecule has 0 bridgehead atoms. The van der Waals surface area contributed by atoms with Gasteiger partial charge in [-0.15, -0.1) is 0 Å². The molecule has 0 spiro atoms. The third-order valence-corrected chi connectivity index (χ3v) is 4.38. The van der Waals surface area contributed by atoms with E-state index in [2.05, 4.69) is 20.8 Å². The lowest BCUT2D eigenvalue weighted by Crippen LogP contribution is -2.39. The maximum atomic E-state index is 11.8. The molecule has 1 rings (SSSR count). The monoisotopic (exact) mass is 342 g/mol. The Morgan fingerprint density at radius 3 is 2.04 bits per heavy atom. The lowest BCUT2D eigenvalue weighted by molar-refractivity contribution is -0.230. The minimum Gasteiger partial charge on any atom is -0.457 e. The topological polar surface area (TPSA) is 44.8 Å². The van der Waals surface area contributed by atoms with Crippen LogP contribution in [0.15, 0.2) is 0 Å². The van der Waals surface area contributed by atoms with Crippen LogP contribution in [0.25, 0.3) is 0 Å². The van der Waals surface area contributed by atoms with Crippen LogP contribution in [-0.4, -0.2) is 31.6 Å². The highest BCUT2D eigenvalue weighted by molar-refractivity contribution is 5.69. The second kappa shape index (κ2) is 13.7. The molecule has 1 fully saturated rings. The van der Waals surface area contributed by atoms with Crippen LogP contribution in [0.2, 0.25) is 0 Å². The third kappa shape index (κ3) is 11.0. The maximum absolute atomic E-state index is 11.8. The molecule has 24 heavy (non-hydrogen) atoms. The van der Waals surface area contributed by atoms with Crippen LogP contribution in [0.1, 0.15) is 91.4 Å². The second-order valence-electron chi connectivity index (χ2n) is 7.42. The van der Waals surface area contributed by atoms with E-state index in [9.17, 15) is 4.79 Å². The Balaban J connectivity index is 1.93. The molecule has 4 heteroatoms. The fraction of sp³-hybridized carbons (Fsp3) is 0.950. The van der Waals surface area contributed by atoms with Crippen LogP contribution in [0, 0.1) is 5.92 Å². The fourth-order valence-corrected chi connectivity index (χ4v) is 2.94. The van der Waals surface area contributed by atoms with E-state index < -0.39 is 0 Å². The van der Waals surface area contributed by atoms with Gasteiger partial charge in [0, 0.05) is 12.8 Å². The highest BCUT2D eigenvalue weighted by Gasteiger charge is 2.25. The summed E-state index contributed by atoms with van der Waals surface area (Å²) in [5.41, 5.74) is 0. The van der Waals surface area contributed by atoms with Gasteiger partial charge in [0.15, 0.2) is 6.29 Å². The Morgan fingerprint density at radius 2 is 1.50 bits per heavy atom. The van der Waals surface area contributed by atoms with Crippen LogP contribution >= 0.6 is 0 Å². The van der Waals surface area contributed by atoms with Crippen molar-refractivity contribution in [1.82, 2.24) is 0 Å². The molecule has 0 aromatic carbocycles. The van der Waals surface area contributed by atoms with E-state index in [1.54, 1.807) is 0 Å². The van der Waals surface area contributed by atoms with Gasteiger partial charge in [0.25, 0.3) is 0 Å². The molecule has 1 heterocycles. The summed E-state index contributed by atoms with van der Waals surface area (Å²) in [6, 6.07) is 0. The molecule has 0 aromatic heterocycles. The molecule has 0 saturated carbocycles. The van der Waals surface area contributed by atoms with Crippen LogP contribution < -0.4 is 0 Å². The Hall–Kier alpha value is -0.610. The van der Waals surface area contributed by atoms with Crippen LogP contribution in [0.3, 0.4) is 0 Å². The summed E-state index contributed by atoms with van der Waals surface area (Å²) in [6.07, 6.45) is 12.3. The first kappa shape index (κ1) is 21.4. The van der Waals surface area contributed by atoms with Crippen molar-refractivity contribution in [2.24, 2.45) is 5.92 Å². The number of rotatable bonds is 13. The minimum absolute atomic E-state index is 0.113. The van der Waals surface area contributed by atoms with E-state index in [0.717, 1.165) is 19.3 Å². The van der Waals surface area contributed by atoms with Crippen molar-refractivity contribution in [1.29, 1.82) is 0 Å². The SMILES string of the molecule is CCCCCCCCCCCC(=O)OC1COC(CC(C)C)OC1. The number of esters is 1. The van der Waals surface area contributed by atoms with Crippen molar-refractivity contribution < 1.29 is 19.0 Å². The number of unbranched alkanes of at least 4 members (excludes halogenated alkanes) is 8. The molecule has 0 amide bonds. The van der Waals surface area contributed by atoms with Crippen molar-refractivity contribution in [3.8, 4) is 0 Å². The molecule has 0 aliphatic carbocycles. The number of hydrogen-bond acceptors (Lipinski definition) is 4. The van der Waals surface area contributed by atoms with Gasteiger partial charge in [-0.2, -0.15) is 0 Å². The van der Waals surface area contributed by atoms with Gasteiger partial charge >= 0.3 is 5.97 Å². The van der Waals surface area contributed by atoms with Crippen molar-refractivity contribution in [3.63, 3.8) is 0 Å². The van der Waals surface area contributed by atoms with Crippen molar-refractivity contribution >= 4 is 5.97 Å². The zero-order chi connectivity index (χ0) is 17.6. The molecule has 0 N–H and O–H groups in total. The normalized spacial score (nSPS) is 21.2. The largest absolute Gasteiger partial charge is 0.457 e. The number of hydrogen-bond donors (Lipinski definition) is 0.